The van der Waals surface area contributed by atoms with Gasteiger partial charge in [0.05, 0.1) is 33.4 Å². The largest absolute Gasteiger partial charge is 0.496 e. The lowest BCUT2D eigenvalue weighted by Gasteiger charge is -2.64. The number of likely N-dealkylation sites (N-methyl/N-ethyl adjacent to an activating group) is 1. The molecule has 9 rings (SSSR count). The Morgan fingerprint density at radius 2 is 1.84 bits per heavy atom. The third-order valence-corrected chi connectivity index (χ3v) is 15.7. The van der Waals surface area contributed by atoms with Crippen molar-refractivity contribution in [2.75, 3.05) is 85.8 Å². The molecule has 2 bridgehead atoms. The fraction of sp³-hybridized carbons (Fsp3) is 0.571. The monoisotopic (exact) mass is 865 g/mol. The fourth-order valence-electron chi connectivity index (χ4n) is 13.5. The number of para-hydroxylation sites is 1. The summed E-state index contributed by atoms with van der Waals surface area (Å²) in [6.07, 6.45) is 8.17. The number of esters is 2. The van der Waals surface area contributed by atoms with E-state index in [0.29, 0.717) is 43.7 Å². The van der Waals surface area contributed by atoms with Crippen molar-refractivity contribution in [2.24, 2.45) is 11.3 Å². The lowest BCUT2D eigenvalue weighted by molar-refractivity contribution is -0.217. The van der Waals surface area contributed by atoms with E-state index in [1.54, 1.807) is 7.11 Å². The molecule has 9 atom stereocenters. The first-order valence-corrected chi connectivity index (χ1v) is 22.6. The molecule has 2 aromatic carbocycles. The van der Waals surface area contributed by atoms with Gasteiger partial charge in [-0.25, -0.2) is 4.79 Å². The summed E-state index contributed by atoms with van der Waals surface area (Å²) in [6.45, 7) is 9.58. The zero-order valence-corrected chi connectivity index (χ0v) is 37.8. The number of carbonyl (C=O) groups excluding carboxylic acids is 3. The number of methoxy groups -OCH3 is 3. The van der Waals surface area contributed by atoms with Crippen LogP contribution in [0, 0.1) is 11.3 Å². The van der Waals surface area contributed by atoms with Gasteiger partial charge < -0.3 is 44.0 Å². The summed E-state index contributed by atoms with van der Waals surface area (Å²) in [5.41, 5.74) is 1.90. The molecule has 5 aliphatic heterocycles. The Morgan fingerprint density at radius 1 is 1.03 bits per heavy atom. The topological polar surface area (TPSA) is 155 Å². The van der Waals surface area contributed by atoms with Gasteiger partial charge in [0.25, 0.3) is 0 Å². The molecule has 1 saturated carbocycles. The van der Waals surface area contributed by atoms with E-state index >= 15 is 4.79 Å². The number of alkyl carbamates (subject to hydrolysis) is 1. The van der Waals surface area contributed by atoms with Gasteiger partial charge in [-0.2, -0.15) is 0 Å². The molecule has 3 aromatic rings. The van der Waals surface area contributed by atoms with E-state index in [4.69, 9.17) is 23.7 Å². The van der Waals surface area contributed by atoms with Crippen molar-refractivity contribution in [3.05, 3.63) is 82.6 Å². The Hall–Kier alpha value is -4.89. The molecular weight excluding hydrogens is 803 g/mol. The molecule has 2 fully saturated rings. The molecule has 63 heavy (non-hydrogen) atoms. The second-order valence-corrected chi connectivity index (χ2v) is 18.7. The Morgan fingerprint density at radius 3 is 2.57 bits per heavy atom. The molecule has 1 unspecified atom stereocenters. The number of rotatable bonds is 11. The third-order valence-electron chi connectivity index (χ3n) is 15.7. The first-order valence-electron chi connectivity index (χ1n) is 22.6. The van der Waals surface area contributed by atoms with Crippen LogP contribution in [0.3, 0.4) is 0 Å². The molecule has 6 heterocycles. The number of benzene rings is 2. The summed E-state index contributed by atoms with van der Waals surface area (Å²) in [5, 5.41) is 17.7. The van der Waals surface area contributed by atoms with Crippen LogP contribution >= 0.6 is 0 Å². The number of aromatic amines is 1. The van der Waals surface area contributed by atoms with Crippen LogP contribution in [0.2, 0.25) is 0 Å². The lowest BCUT2D eigenvalue weighted by atomic mass is 9.47. The predicted molar refractivity (Wildman–Crippen MR) is 238 cm³/mol. The zero-order chi connectivity index (χ0) is 44.5. The van der Waals surface area contributed by atoms with Crippen molar-refractivity contribution in [3.8, 4) is 5.75 Å². The van der Waals surface area contributed by atoms with E-state index in [-0.39, 0.29) is 37.7 Å². The number of aromatic nitrogens is 1. The van der Waals surface area contributed by atoms with E-state index in [1.807, 2.05) is 19.2 Å². The van der Waals surface area contributed by atoms with Gasteiger partial charge in [0, 0.05) is 98.0 Å². The number of carbonyl (C=O) groups is 3. The second kappa shape index (κ2) is 16.3. The third kappa shape index (κ3) is 6.36. The molecule has 14 heteroatoms. The number of nitrogens with one attached hydrogen (secondary N) is 2. The number of anilines is 1. The second-order valence-electron chi connectivity index (χ2n) is 18.7. The van der Waals surface area contributed by atoms with Gasteiger partial charge in [-0.15, -0.1) is 0 Å². The molecule has 1 aromatic heterocycles. The predicted octanol–water partition coefficient (Wildman–Crippen LogP) is 5.00. The van der Waals surface area contributed by atoms with Crippen LogP contribution in [-0.2, 0) is 45.8 Å². The van der Waals surface area contributed by atoms with Crippen LogP contribution in [0.4, 0.5) is 10.5 Å². The molecule has 1 spiro atoms. The van der Waals surface area contributed by atoms with Crippen molar-refractivity contribution >= 4 is 34.6 Å². The minimum atomic E-state index is -1.84. The summed E-state index contributed by atoms with van der Waals surface area (Å²) in [6, 6.07) is 11.6. The molecule has 14 nitrogen and oxygen atoms in total. The molecule has 338 valence electrons. The number of amides is 1. The van der Waals surface area contributed by atoms with Crippen LogP contribution in [0.15, 0.2) is 60.2 Å². The molecule has 1 amide bonds. The zero-order valence-electron chi connectivity index (χ0n) is 37.8. The van der Waals surface area contributed by atoms with Crippen LogP contribution < -0.4 is 15.0 Å². The average molecular weight is 866 g/mol. The maximum atomic E-state index is 15.4. The van der Waals surface area contributed by atoms with Gasteiger partial charge in [-0.05, 0) is 67.8 Å². The highest BCUT2D eigenvalue weighted by atomic mass is 16.6. The molecule has 0 radical (unpaired) electrons. The van der Waals surface area contributed by atoms with Gasteiger partial charge >= 0.3 is 18.0 Å². The quantitative estimate of drug-likeness (QED) is 0.103. The van der Waals surface area contributed by atoms with Crippen LogP contribution in [0.5, 0.6) is 5.75 Å². The van der Waals surface area contributed by atoms with Gasteiger partial charge in [0.15, 0.2) is 0 Å². The highest BCUT2D eigenvalue weighted by molar-refractivity contribution is 5.94. The molecule has 1 saturated heterocycles. The van der Waals surface area contributed by atoms with Gasteiger partial charge in [-0.3, -0.25) is 19.4 Å². The van der Waals surface area contributed by atoms with Crippen LogP contribution in [-0.4, -0.2) is 143 Å². The smallest absolute Gasteiger partial charge is 0.407 e. The summed E-state index contributed by atoms with van der Waals surface area (Å²) < 4.78 is 29.3. The number of aliphatic hydroxyl groups is 1. The fourth-order valence-corrected chi connectivity index (χ4v) is 13.5. The van der Waals surface area contributed by atoms with E-state index in [2.05, 4.69) is 81.3 Å². The van der Waals surface area contributed by atoms with Gasteiger partial charge in [-0.1, -0.05) is 55.8 Å². The van der Waals surface area contributed by atoms with Crippen molar-refractivity contribution < 1.29 is 43.2 Å². The van der Waals surface area contributed by atoms with Crippen LogP contribution in [0.25, 0.3) is 10.9 Å². The van der Waals surface area contributed by atoms with E-state index in [0.717, 1.165) is 65.9 Å². The maximum Gasteiger partial charge on any atom is 0.407 e. The van der Waals surface area contributed by atoms with E-state index in [1.165, 1.54) is 26.7 Å². The first-order chi connectivity index (χ1) is 30.4. The van der Waals surface area contributed by atoms with E-state index < -0.39 is 46.1 Å². The van der Waals surface area contributed by atoms with Crippen molar-refractivity contribution in [1.82, 2.24) is 20.1 Å². The number of ether oxygens (including phenoxy) is 5. The standard InChI is InChI=1S/C49H63N5O9/c1-8-31-23-32-26-48(44(56)61-7,40-34(15-19-53(27-31)28-32)33-13-10-11-14-37(33)51-40)36-24-35-38(25-39(36)60-6)52(4)42-47(35)17-20-54-18-12-16-46(9-2,41(47)54)43(63-30(3)55)49(42,58)29-50-45(57)62-22-21-59-5/h10-14,16,23-25,32,41-43,51,58H,8-9,15,17-22,26-29H2,1-7H3,(H,50,57)/t32-,41-,42+,43+,46+,47+,48-,49-/m0/s1. The van der Waals surface area contributed by atoms with Crippen molar-refractivity contribution in [1.29, 1.82) is 0 Å². The van der Waals surface area contributed by atoms with Gasteiger partial charge in [0.2, 0.25) is 0 Å². The van der Waals surface area contributed by atoms with E-state index in [9.17, 15) is 14.7 Å². The van der Waals surface area contributed by atoms with Crippen LogP contribution in [0.1, 0.15) is 68.8 Å². The summed E-state index contributed by atoms with van der Waals surface area (Å²) in [5.74, 6) is -0.351. The number of hydrogen-bond acceptors (Lipinski definition) is 12. The summed E-state index contributed by atoms with van der Waals surface area (Å²) >= 11 is 0. The average Bonchev–Trinajstić information content (AvgIpc) is 3.95. The molecular formula is C49H63N5O9. The Kier molecular flexibility index (Phi) is 11.2. The minimum Gasteiger partial charge on any atom is -0.496 e. The van der Waals surface area contributed by atoms with Crippen molar-refractivity contribution in [3.63, 3.8) is 0 Å². The first kappa shape index (κ1) is 43.4. The van der Waals surface area contributed by atoms with Crippen molar-refractivity contribution in [2.45, 2.75) is 87.5 Å². The normalized spacial score (nSPS) is 32.9. The summed E-state index contributed by atoms with van der Waals surface area (Å²) in [7, 11) is 6.61. The Labute approximate surface area is 369 Å². The molecule has 1 aliphatic carbocycles. The number of H-pyrrole nitrogens is 1. The molecule has 6 aliphatic rings. The minimum absolute atomic E-state index is 0.0221. The SMILES string of the molecule is CCC1=C[C@@H]2CN(CCc3c([nH]c4ccccc34)[C@@](C(=O)OC)(c3cc4c(cc3OC)N(C)[C@H]3[C@@](O)(CNC(=O)OCCOC)[C@H](OC(C)=O)[C@]5(CC)C=CCN6CC[C@]43[C@@H]65)C2)C1. The Balaban J connectivity index is 1.31. The number of hydrogen-bond donors (Lipinski definition) is 3. The molecule has 3 N–H and O–H groups in total. The highest BCUT2D eigenvalue weighted by Gasteiger charge is 2.78. The van der Waals surface area contributed by atoms with Gasteiger partial charge in [0.1, 0.15) is 29.5 Å². The Bertz CT molecular complexity index is 2360. The lowest BCUT2D eigenvalue weighted by Crippen LogP contribution is -2.81. The maximum absolute atomic E-state index is 15.4. The number of nitrogens with zero attached hydrogens (tertiary/aromatic N) is 3. The highest BCUT2D eigenvalue weighted by Crippen LogP contribution is 2.68. The summed E-state index contributed by atoms with van der Waals surface area (Å²) in [4.78, 5) is 52.8. The number of fused-ring (bicyclic) bond motifs is 6.